The van der Waals surface area contributed by atoms with Gasteiger partial charge in [-0.25, -0.2) is 0 Å². The van der Waals surface area contributed by atoms with E-state index in [-0.39, 0.29) is 11.4 Å². The second-order valence-electron chi connectivity index (χ2n) is 7.23. The molecule has 0 saturated carbocycles. The summed E-state index contributed by atoms with van der Waals surface area (Å²) in [5.41, 5.74) is 5.11. The molecular weight excluding hydrogens is 394 g/mol. The minimum atomic E-state index is -0.256. The molecule has 0 fully saturated rings. The zero-order valence-electron chi connectivity index (χ0n) is 17.2. The fourth-order valence-electron chi connectivity index (χ4n) is 3.14. The maximum atomic E-state index is 13.3. The SMILES string of the molecule is Cc1cccc(CSc2nnc(Nc3cc(C)ccc3C)c(=O)n2-n2cccc2)c1. The molecule has 2 heterocycles. The lowest BCUT2D eigenvalue weighted by atomic mass is 10.1. The molecule has 0 atom stereocenters. The Morgan fingerprint density at radius 2 is 1.70 bits per heavy atom. The van der Waals surface area contributed by atoms with Gasteiger partial charge in [0, 0.05) is 23.8 Å². The third-order valence-electron chi connectivity index (χ3n) is 4.73. The number of nitrogens with one attached hydrogen (secondary N) is 1. The molecule has 7 heteroatoms. The van der Waals surface area contributed by atoms with Crippen molar-refractivity contribution in [1.82, 2.24) is 19.5 Å². The van der Waals surface area contributed by atoms with Crippen LogP contribution in [0.3, 0.4) is 0 Å². The van der Waals surface area contributed by atoms with Crippen LogP contribution in [0.4, 0.5) is 11.5 Å². The summed E-state index contributed by atoms with van der Waals surface area (Å²) in [6.07, 6.45) is 3.64. The standard InChI is InChI=1S/C23H23N5OS/c1-16-7-6-8-19(13-16)15-30-23-26-25-21(22(29)28(23)27-11-4-5-12-27)24-20-14-17(2)9-10-18(20)3/h4-14H,15H2,1-3H3,(H,24,25). The van der Waals surface area contributed by atoms with Crippen molar-refractivity contribution in [3.05, 3.63) is 99.6 Å². The Kier molecular flexibility index (Phi) is 5.72. The van der Waals surface area contributed by atoms with E-state index in [1.54, 1.807) is 9.35 Å². The number of hydrogen-bond acceptors (Lipinski definition) is 5. The third kappa shape index (κ3) is 4.31. The van der Waals surface area contributed by atoms with Crippen molar-refractivity contribution in [3.8, 4) is 0 Å². The van der Waals surface area contributed by atoms with E-state index in [1.807, 2.05) is 62.6 Å². The Hall–Kier alpha value is -3.32. The van der Waals surface area contributed by atoms with Crippen molar-refractivity contribution >= 4 is 23.3 Å². The van der Waals surface area contributed by atoms with E-state index in [1.165, 1.54) is 22.9 Å². The molecule has 0 amide bonds. The van der Waals surface area contributed by atoms with Gasteiger partial charge in [-0.1, -0.05) is 53.7 Å². The molecule has 152 valence electrons. The highest BCUT2D eigenvalue weighted by atomic mass is 32.2. The van der Waals surface area contributed by atoms with Gasteiger partial charge < -0.3 is 5.32 Å². The predicted octanol–water partition coefficient (Wildman–Crippen LogP) is 4.71. The molecule has 2 aromatic carbocycles. The topological polar surface area (TPSA) is 64.7 Å². The number of nitrogens with zero attached hydrogens (tertiary/aromatic N) is 4. The Balaban J connectivity index is 1.70. The molecule has 0 aliphatic carbocycles. The molecule has 0 bridgehead atoms. The number of thioether (sulfide) groups is 1. The first-order chi connectivity index (χ1) is 14.5. The van der Waals surface area contributed by atoms with E-state index >= 15 is 0 Å². The van der Waals surface area contributed by atoms with E-state index < -0.39 is 0 Å². The molecule has 0 aliphatic rings. The monoisotopic (exact) mass is 417 g/mol. The van der Waals surface area contributed by atoms with Crippen LogP contribution in [-0.2, 0) is 5.75 Å². The van der Waals surface area contributed by atoms with E-state index in [9.17, 15) is 4.79 Å². The largest absolute Gasteiger partial charge is 0.334 e. The van der Waals surface area contributed by atoms with E-state index in [2.05, 4.69) is 40.6 Å². The molecule has 4 aromatic rings. The van der Waals surface area contributed by atoms with Crippen molar-refractivity contribution in [1.29, 1.82) is 0 Å². The van der Waals surface area contributed by atoms with Crippen LogP contribution in [-0.4, -0.2) is 19.5 Å². The first-order valence-electron chi connectivity index (χ1n) is 9.67. The third-order valence-corrected chi connectivity index (χ3v) is 5.72. The van der Waals surface area contributed by atoms with Gasteiger partial charge in [-0.2, -0.15) is 4.68 Å². The summed E-state index contributed by atoms with van der Waals surface area (Å²) in [4.78, 5) is 13.3. The second kappa shape index (κ2) is 8.59. The lowest BCUT2D eigenvalue weighted by Gasteiger charge is -2.15. The van der Waals surface area contributed by atoms with Crippen LogP contribution in [0.5, 0.6) is 0 Å². The van der Waals surface area contributed by atoms with Crippen molar-refractivity contribution in [2.45, 2.75) is 31.7 Å². The maximum Gasteiger partial charge on any atom is 0.316 e. The highest BCUT2D eigenvalue weighted by Gasteiger charge is 2.15. The van der Waals surface area contributed by atoms with Crippen molar-refractivity contribution in [2.75, 3.05) is 5.32 Å². The zero-order chi connectivity index (χ0) is 21.1. The Labute approximate surface area is 179 Å². The number of benzene rings is 2. The quantitative estimate of drug-likeness (QED) is 0.460. The van der Waals surface area contributed by atoms with Gasteiger partial charge >= 0.3 is 5.56 Å². The maximum absolute atomic E-state index is 13.3. The molecule has 1 N–H and O–H groups in total. The van der Waals surface area contributed by atoms with Crippen molar-refractivity contribution in [2.24, 2.45) is 0 Å². The van der Waals surface area contributed by atoms with Crippen LogP contribution in [0.15, 0.2) is 76.9 Å². The molecule has 4 rings (SSSR count). The normalized spacial score (nSPS) is 10.9. The Morgan fingerprint density at radius 3 is 2.47 bits per heavy atom. The molecule has 30 heavy (non-hydrogen) atoms. The van der Waals surface area contributed by atoms with Gasteiger partial charge in [0.05, 0.1) is 0 Å². The molecule has 6 nitrogen and oxygen atoms in total. The summed E-state index contributed by atoms with van der Waals surface area (Å²) in [5, 5.41) is 12.3. The summed E-state index contributed by atoms with van der Waals surface area (Å²) >= 11 is 1.48. The van der Waals surface area contributed by atoms with Gasteiger partial charge in [0.1, 0.15) is 0 Å². The van der Waals surface area contributed by atoms with Crippen molar-refractivity contribution in [3.63, 3.8) is 0 Å². The van der Waals surface area contributed by atoms with E-state index in [0.717, 1.165) is 16.8 Å². The van der Waals surface area contributed by atoms with Crippen LogP contribution >= 0.6 is 11.8 Å². The lowest BCUT2D eigenvalue weighted by molar-refractivity contribution is 0.533. The smallest absolute Gasteiger partial charge is 0.316 e. The number of hydrogen-bond donors (Lipinski definition) is 1. The first kappa shape index (κ1) is 20.0. The number of aryl methyl sites for hydroxylation is 3. The van der Waals surface area contributed by atoms with Crippen LogP contribution in [0.1, 0.15) is 22.3 Å². The lowest BCUT2D eigenvalue weighted by Crippen LogP contribution is -2.30. The van der Waals surface area contributed by atoms with Crippen LogP contribution in [0, 0.1) is 20.8 Å². The highest BCUT2D eigenvalue weighted by Crippen LogP contribution is 2.22. The van der Waals surface area contributed by atoms with Crippen LogP contribution < -0.4 is 10.9 Å². The van der Waals surface area contributed by atoms with Crippen LogP contribution in [0.25, 0.3) is 0 Å². The van der Waals surface area contributed by atoms with Gasteiger partial charge in [-0.15, -0.1) is 10.2 Å². The summed E-state index contributed by atoms with van der Waals surface area (Å²) < 4.78 is 3.27. The van der Waals surface area contributed by atoms with Crippen LogP contribution in [0.2, 0.25) is 0 Å². The fraction of sp³-hybridized carbons (Fsp3) is 0.174. The van der Waals surface area contributed by atoms with Gasteiger partial charge in [-0.3, -0.25) is 9.47 Å². The second-order valence-corrected chi connectivity index (χ2v) is 8.17. The molecular formula is C23H23N5OS. The molecule has 0 unspecified atom stereocenters. The van der Waals surface area contributed by atoms with E-state index in [0.29, 0.717) is 10.9 Å². The minimum absolute atomic E-state index is 0.192. The van der Waals surface area contributed by atoms with Gasteiger partial charge in [0.2, 0.25) is 11.0 Å². The fourth-order valence-corrected chi connectivity index (χ4v) is 4.02. The average molecular weight is 418 g/mol. The molecule has 0 spiro atoms. The molecule has 0 radical (unpaired) electrons. The summed E-state index contributed by atoms with van der Waals surface area (Å²) in [5.74, 6) is 0.887. The predicted molar refractivity (Wildman–Crippen MR) is 121 cm³/mol. The summed E-state index contributed by atoms with van der Waals surface area (Å²) in [6.45, 7) is 6.07. The number of rotatable bonds is 6. The first-order valence-corrected chi connectivity index (χ1v) is 10.7. The summed E-state index contributed by atoms with van der Waals surface area (Å²) in [7, 11) is 0. The zero-order valence-corrected chi connectivity index (χ0v) is 18.0. The Morgan fingerprint density at radius 1 is 0.933 bits per heavy atom. The van der Waals surface area contributed by atoms with E-state index in [4.69, 9.17) is 0 Å². The summed E-state index contributed by atoms with van der Waals surface area (Å²) in [6, 6.07) is 18.1. The molecule has 0 aliphatic heterocycles. The molecule has 0 saturated heterocycles. The minimum Gasteiger partial charge on any atom is -0.334 e. The number of anilines is 2. The molecule has 2 aromatic heterocycles. The number of aromatic nitrogens is 4. The van der Waals surface area contributed by atoms with Gasteiger partial charge in [0.15, 0.2) is 0 Å². The average Bonchev–Trinajstić information content (AvgIpc) is 3.25. The van der Waals surface area contributed by atoms with Gasteiger partial charge in [0.25, 0.3) is 0 Å². The van der Waals surface area contributed by atoms with Crippen molar-refractivity contribution < 1.29 is 0 Å². The Bertz CT molecular complexity index is 1230. The van der Waals surface area contributed by atoms with Gasteiger partial charge in [-0.05, 0) is 55.7 Å². The highest BCUT2D eigenvalue weighted by molar-refractivity contribution is 7.98.